The van der Waals surface area contributed by atoms with Gasteiger partial charge in [-0.15, -0.1) is 0 Å². The number of carbonyl (C=O) groups excluding carboxylic acids is 3. The molecule has 0 spiro atoms. The molecule has 0 aromatic heterocycles. The first-order chi connectivity index (χ1) is 20.5. The number of aliphatic carboxylic acids is 1. The topological polar surface area (TPSA) is 243 Å². The largest absolute Gasteiger partial charge is 0.508 e. The Balaban J connectivity index is 2.22. The van der Waals surface area contributed by atoms with Crippen molar-refractivity contribution in [1.29, 1.82) is 0 Å². The van der Waals surface area contributed by atoms with E-state index < -0.39 is 47.9 Å². The predicted molar refractivity (Wildman–Crippen MR) is 161 cm³/mol. The summed E-state index contributed by atoms with van der Waals surface area (Å²) >= 11 is 0. The van der Waals surface area contributed by atoms with Crippen molar-refractivity contribution in [1.82, 2.24) is 16.0 Å². The van der Waals surface area contributed by atoms with E-state index in [1.54, 1.807) is 24.3 Å². The fourth-order valence-electron chi connectivity index (χ4n) is 4.37. The van der Waals surface area contributed by atoms with Gasteiger partial charge in [0.1, 0.15) is 29.6 Å². The standard InChI is InChI=1S/C30H44N6O7/c31-15-3-1-5-23(33)27(39)35-25(17-19-7-11-21(37)12-8-19)29(41)34-24(6-2-4-16-32)28(40)36-26(30(42)43)18-20-9-13-22(38)14-10-20/h7-14,23-26,37-38H,1-6,15-18,31-33H2,(H,34,41)(H,35,39)(H,36,40)(H,42,43). The minimum Gasteiger partial charge on any atom is -0.508 e. The number of amides is 3. The Morgan fingerprint density at radius 1 is 0.605 bits per heavy atom. The van der Waals surface area contributed by atoms with Crippen LogP contribution in [-0.4, -0.2) is 76.3 Å². The number of benzene rings is 2. The third-order valence-corrected chi connectivity index (χ3v) is 6.89. The molecule has 0 fully saturated rings. The average Bonchev–Trinajstić information content (AvgIpc) is 2.98. The van der Waals surface area contributed by atoms with Crippen LogP contribution in [0, 0.1) is 0 Å². The Bertz CT molecular complexity index is 1180. The van der Waals surface area contributed by atoms with E-state index in [-0.39, 0.29) is 30.8 Å². The molecule has 0 heterocycles. The van der Waals surface area contributed by atoms with E-state index in [0.29, 0.717) is 56.3 Å². The van der Waals surface area contributed by atoms with Crippen LogP contribution in [0.2, 0.25) is 0 Å². The first kappa shape index (κ1) is 35.0. The van der Waals surface area contributed by atoms with E-state index in [2.05, 4.69) is 16.0 Å². The van der Waals surface area contributed by atoms with Crippen LogP contribution in [-0.2, 0) is 32.0 Å². The summed E-state index contributed by atoms with van der Waals surface area (Å²) in [4.78, 5) is 51.7. The van der Waals surface area contributed by atoms with E-state index in [1.165, 1.54) is 24.3 Å². The lowest BCUT2D eigenvalue weighted by atomic mass is 10.0. The molecule has 2 aromatic carbocycles. The van der Waals surface area contributed by atoms with Gasteiger partial charge in [0.25, 0.3) is 0 Å². The number of nitrogens with one attached hydrogen (secondary N) is 3. The zero-order valence-electron chi connectivity index (χ0n) is 24.2. The molecule has 13 heteroatoms. The highest BCUT2D eigenvalue weighted by Crippen LogP contribution is 2.14. The van der Waals surface area contributed by atoms with Gasteiger partial charge in [-0.3, -0.25) is 14.4 Å². The molecule has 0 radical (unpaired) electrons. The minimum atomic E-state index is -1.30. The number of phenolic OH excluding ortho intramolecular Hbond substituents is 2. The van der Waals surface area contributed by atoms with Crippen LogP contribution in [0.25, 0.3) is 0 Å². The van der Waals surface area contributed by atoms with Crippen LogP contribution >= 0.6 is 0 Å². The number of rotatable bonds is 19. The molecule has 236 valence electrons. The average molecular weight is 601 g/mol. The predicted octanol–water partition coefficient (Wildman–Crippen LogP) is 0.00730. The van der Waals surface area contributed by atoms with Crippen molar-refractivity contribution in [2.45, 2.75) is 75.5 Å². The number of phenols is 2. The molecule has 4 unspecified atom stereocenters. The normalized spacial score (nSPS) is 13.7. The second kappa shape index (κ2) is 18.4. The maximum absolute atomic E-state index is 13.5. The fraction of sp³-hybridized carbons (Fsp3) is 0.467. The molecule has 12 N–H and O–H groups in total. The number of carboxylic acids is 1. The Morgan fingerprint density at radius 2 is 1.02 bits per heavy atom. The zero-order chi connectivity index (χ0) is 31.8. The van der Waals surface area contributed by atoms with Crippen molar-refractivity contribution in [2.75, 3.05) is 13.1 Å². The Hall–Kier alpha value is -4.20. The maximum atomic E-state index is 13.5. The summed E-state index contributed by atoms with van der Waals surface area (Å²) in [6, 6.07) is 7.65. The molecule has 0 aliphatic rings. The first-order valence-corrected chi connectivity index (χ1v) is 14.4. The van der Waals surface area contributed by atoms with Gasteiger partial charge in [-0.25, -0.2) is 4.79 Å². The fourth-order valence-corrected chi connectivity index (χ4v) is 4.37. The van der Waals surface area contributed by atoms with Gasteiger partial charge in [0, 0.05) is 12.8 Å². The summed E-state index contributed by atoms with van der Waals surface area (Å²) in [6.45, 7) is 0.827. The van der Waals surface area contributed by atoms with Gasteiger partial charge >= 0.3 is 5.97 Å². The molecular weight excluding hydrogens is 556 g/mol. The molecule has 0 aliphatic carbocycles. The number of aromatic hydroxyl groups is 2. The molecule has 0 aliphatic heterocycles. The van der Waals surface area contributed by atoms with E-state index in [4.69, 9.17) is 17.2 Å². The lowest BCUT2D eigenvalue weighted by molar-refractivity contribution is -0.142. The molecule has 3 amide bonds. The lowest BCUT2D eigenvalue weighted by Crippen LogP contribution is -2.57. The molecule has 13 nitrogen and oxygen atoms in total. The summed E-state index contributed by atoms with van der Waals surface area (Å²) in [5.74, 6) is -3.12. The summed E-state index contributed by atoms with van der Waals surface area (Å²) in [5.41, 5.74) is 18.4. The molecule has 43 heavy (non-hydrogen) atoms. The van der Waals surface area contributed by atoms with Crippen LogP contribution in [0.3, 0.4) is 0 Å². The van der Waals surface area contributed by atoms with Crippen molar-refractivity contribution in [2.24, 2.45) is 17.2 Å². The SMILES string of the molecule is NCCCCC(N)C(=O)NC(Cc1ccc(O)cc1)C(=O)NC(CCCCN)C(=O)NC(Cc1ccc(O)cc1)C(=O)O. The van der Waals surface area contributed by atoms with Gasteiger partial charge in [0.2, 0.25) is 17.7 Å². The minimum absolute atomic E-state index is 0.0211. The van der Waals surface area contributed by atoms with Crippen molar-refractivity contribution in [3.05, 3.63) is 59.7 Å². The Kier molecular flexibility index (Phi) is 14.9. The number of hydrogen-bond acceptors (Lipinski definition) is 9. The van der Waals surface area contributed by atoms with E-state index in [0.717, 1.165) is 0 Å². The smallest absolute Gasteiger partial charge is 0.326 e. The van der Waals surface area contributed by atoms with Gasteiger partial charge in [-0.1, -0.05) is 30.7 Å². The third-order valence-electron chi connectivity index (χ3n) is 6.89. The van der Waals surface area contributed by atoms with Crippen molar-refractivity contribution in [3.8, 4) is 11.5 Å². The Labute approximate surface area is 251 Å². The molecule has 0 bridgehead atoms. The second-order valence-corrected chi connectivity index (χ2v) is 10.4. The molecule has 4 atom stereocenters. The summed E-state index contributed by atoms with van der Waals surface area (Å²) < 4.78 is 0. The van der Waals surface area contributed by atoms with E-state index >= 15 is 0 Å². The van der Waals surface area contributed by atoms with Crippen LogP contribution in [0.5, 0.6) is 11.5 Å². The highest BCUT2D eigenvalue weighted by Gasteiger charge is 2.30. The highest BCUT2D eigenvalue weighted by molar-refractivity contribution is 5.94. The summed E-state index contributed by atoms with van der Waals surface area (Å²) in [6.07, 6.45) is 2.93. The second-order valence-electron chi connectivity index (χ2n) is 10.4. The van der Waals surface area contributed by atoms with Crippen LogP contribution in [0.15, 0.2) is 48.5 Å². The number of hydrogen-bond donors (Lipinski definition) is 9. The number of unbranched alkanes of at least 4 members (excludes halogenated alkanes) is 2. The molecule has 0 saturated carbocycles. The summed E-state index contributed by atoms with van der Waals surface area (Å²) in [5, 5.41) is 36.8. The quantitative estimate of drug-likeness (QED) is 0.0978. The van der Waals surface area contributed by atoms with E-state index in [9.17, 15) is 34.5 Å². The van der Waals surface area contributed by atoms with Crippen molar-refractivity contribution in [3.63, 3.8) is 0 Å². The molecule has 2 rings (SSSR count). The maximum Gasteiger partial charge on any atom is 0.326 e. The van der Waals surface area contributed by atoms with Gasteiger partial charge in [-0.05, 0) is 80.6 Å². The third kappa shape index (κ3) is 12.7. The number of nitrogens with two attached hydrogens (primary N) is 3. The number of carbonyl (C=O) groups is 4. The lowest BCUT2D eigenvalue weighted by Gasteiger charge is -2.25. The van der Waals surface area contributed by atoms with Gasteiger partial charge in [0.05, 0.1) is 6.04 Å². The summed E-state index contributed by atoms with van der Waals surface area (Å²) in [7, 11) is 0. The van der Waals surface area contributed by atoms with Gasteiger partial charge < -0.3 is 48.5 Å². The van der Waals surface area contributed by atoms with Crippen molar-refractivity contribution >= 4 is 23.7 Å². The molecule has 2 aromatic rings. The Morgan fingerprint density at radius 3 is 1.51 bits per heavy atom. The van der Waals surface area contributed by atoms with E-state index in [1.807, 2.05) is 0 Å². The van der Waals surface area contributed by atoms with Crippen molar-refractivity contribution < 1.29 is 34.5 Å². The monoisotopic (exact) mass is 600 g/mol. The van der Waals surface area contributed by atoms with Crippen LogP contribution < -0.4 is 33.2 Å². The first-order valence-electron chi connectivity index (χ1n) is 14.4. The van der Waals surface area contributed by atoms with Crippen LogP contribution in [0.4, 0.5) is 0 Å². The highest BCUT2D eigenvalue weighted by atomic mass is 16.4. The number of carboxylic acid groups (broad SMARTS) is 1. The molecular formula is C30H44N6O7. The van der Waals surface area contributed by atoms with Gasteiger partial charge in [-0.2, -0.15) is 0 Å². The zero-order valence-corrected chi connectivity index (χ0v) is 24.2. The van der Waals surface area contributed by atoms with Crippen LogP contribution in [0.1, 0.15) is 49.7 Å². The molecule has 0 saturated heterocycles. The van der Waals surface area contributed by atoms with Gasteiger partial charge in [0.15, 0.2) is 0 Å².